The van der Waals surface area contributed by atoms with Crippen LogP contribution in [0.15, 0.2) is 174 Å². The maximum absolute atomic E-state index is 5.22. The Morgan fingerprint density at radius 2 is 1.54 bits per heavy atom. The van der Waals surface area contributed by atoms with Gasteiger partial charge in [0.05, 0.1) is 22.4 Å². The molecule has 1 aliphatic rings. The Kier molecular flexibility index (Phi) is 10.4. The molecule has 2 heterocycles. The minimum atomic E-state index is -0.0878. The van der Waals surface area contributed by atoms with Gasteiger partial charge in [0.25, 0.3) is 0 Å². The Hall–Kier alpha value is -5.90. The van der Waals surface area contributed by atoms with E-state index in [0.717, 1.165) is 45.8 Å². The summed E-state index contributed by atoms with van der Waals surface area (Å²) in [6, 6.07) is 42.2. The second kappa shape index (κ2) is 15.6. The van der Waals surface area contributed by atoms with E-state index in [2.05, 4.69) is 186 Å². The molecule has 1 aliphatic carbocycles. The second-order valence-electron chi connectivity index (χ2n) is 15.6. The van der Waals surface area contributed by atoms with Crippen LogP contribution < -0.4 is 0 Å². The van der Waals surface area contributed by atoms with Crippen molar-refractivity contribution < 1.29 is 0 Å². The summed E-state index contributed by atoms with van der Waals surface area (Å²) in [5, 5.41) is 2.55. The van der Waals surface area contributed by atoms with Gasteiger partial charge in [0.15, 0.2) is 0 Å². The Balaban J connectivity index is 1.36. The molecule has 0 amide bonds. The Bertz CT molecular complexity index is 2800. The molecule has 0 fully saturated rings. The first kappa shape index (κ1) is 38.0. The number of hydrogen-bond donors (Lipinski definition) is 0. The number of hydrogen-bond acceptors (Lipinski definition) is 2. The first-order valence-electron chi connectivity index (χ1n) is 20.0. The van der Waals surface area contributed by atoms with E-state index in [9.17, 15) is 0 Å². The van der Waals surface area contributed by atoms with Gasteiger partial charge in [-0.25, -0.2) is 4.98 Å². The van der Waals surface area contributed by atoms with Crippen molar-refractivity contribution in [2.45, 2.75) is 70.1 Å². The lowest BCUT2D eigenvalue weighted by molar-refractivity contribution is 0.639. The van der Waals surface area contributed by atoms with Crippen LogP contribution in [0.3, 0.4) is 0 Å². The van der Waals surface area contributed by atoms with Gasteiger partial charge in [-0.15, -0.1) is 0 Å². The zero-order valence-corrected chi connectivity index (χ0v) is 35.0. The summed E-state index contributed by atoms with van der Waals surface area (Å²) in [5.74, 6) is 0. The molecule has 0 atom stereocenters. The summed E-state index contributed by atoms with van der Waals surface area (Å²) in [5.41, 5.74) is 17.7. The monoisotopic (exact) mass is 758 g/mol. The van der Waals surface area contributed by atoms with E-state index >= 15 is 0 Å². The molecule has 0 spiro atoms. The molecule has 2 nitrogen and oxygen atoms in total. The molecule has 3 heteroatoms. The van der Waals surface area contributed by atoms with Crippen LogP contribution >= 0.6 is 11.8 Å². The number of benzene rings is 5. The third-order valence-corrected chi connectivity index (χ3v) is 13.1. The smallest absolute Gasteiger partial charge is 0.0715 e. The van der Waals surface area contributed by atoms with Crippen molar-refractivity contribution in [3.63, 3.8) is 0 Å². The number of aryl methyl sites for hydroxylation is 2. The summed E-state index contributed by atoms with van der Waals surface area (Å²) in [7, 11) is 0. The third-order valence-electron chi connectivity index (χ3n) is 11.7. The van der Waals surface area contributed by atoms with Crippen LogP contribution in [0.1, 0.15) is 69.0 Å². The van der Waals surface area contributed by atoms with Crippen LogP contribution in [0, 0.1) is 13.8 Å². The lowest BCUT2D eigenvalue weighted by Crippen LogP contribution is -2.15. The van der Waals surface area contributed by atoms with Crippen molar-refractivity contribution in [3.05, 3.63) is 192 Å². The molecule has 0 bridgehead atoms. The van der Waals surface area contributed by atoms with E-state index in [-0.39, 0.29) is 5.41 Å². The van der Waals surface area contributed by atoms with E-state index in [4.69, 9.17) is 4.98 Å². The predicted octanol–water partition coefficient (Wildman–Crippen LogP) is 15.5. The SMILES string of the molecule is C=C/C(=C\C=C/C)c1cc(-c2ccccc2)cc(-c2ccc(-n3c4cc5c(cc4c4ccc(C)c(Sc6ccccc6C)c43)C(/C=C\CC)=C(C)C5(C)C)cc2)n1. The number of aromatic nitrogens is 2. The summed E-state index contributed by atoms with van der Waals surface area (Å²) in [6.07, 6.45) is 13.7. The fourth-order valence-corrected chi connectivity index (χ4v) is 9.32. The summed E-state index contributed by atoms with van der Waals surface area (Å²) in [4.78, 5) is 7.78. The molecule has 0 unspecified atom stereocenters. The molecule has 0 aliphatic heterocycles. The van der Waals surface area contributed by atoms with E-state index < -0.39 is 0 Å². The van der Waals surface area contributed by atoms with Gasteiger partial charge in [-0.3, -0.25) is 0 Å². The van der Waals surface area contributed by atoms with Crippen molar-refractivity contribution >= 4 is 44.7 Å². The molecule has 0 saturated carbocycles. The van der Waals surface area contributed by atoms with Gasteiger partial charge in [0.2, 0.25) is 0 Å². The predicted molar refractivity (Wildman–Crippen MR) is 248 cm³/mol. The van der Waals surface area contributed by atoms with E-state index in [1.54, 1.807) is 0 Å². The van der Waals surface area contributed by atoms with Crippen LogP contribution in [0.25, 0.3) is 61.0 Å². The molecule has 0 N–H and O–H groups in total. The van der Waals surface area contributed by atoms with Crippen LogP contribution in [-0.4, -0.2) is 9.55 Å². The third kappa shape index (κ3) is 6.85. The highest BCUT2D eigenvalue weighted by Crippen LogP contribution is 2.50. The molecule has 8 rings (SSSR count). The molecule has 0 radical (unpaired) electrons. The molecule has 2 aromatic heterocycles. The molecule has 7 aromatic rings. The van der Waals surface area contributed by atoms with Gasteiger partial charge in [0.1, 0.15) is 0 Å². The number of nitrogens with zero attached hydrogens (tertiary/aromatic N) is 2. The maximum atomic E-state index is 5.22. The van der Waals surface area contributed by atoms with Gasteiger partial charge < -0.3 is 4.57 Å². The highest BCUT2D eigenvalue weighted by molar-refractivity contribution is 7.99. The average molecular weight is 759 g/mol. The number of fused-ring (bicyclic) bond motifs is 4. The Morgan fingerprint density at radius 1 is 0.789 bits per heavy atom. The normalized spacial score (nSPS) is 14.1. The van der Waals surface area contributed by atoms with Crippen LogP contribution in [0.5, 0.6) is 0 Å². The standard InChI is InChI=1S/C54H50N2S/c1-9-12-20-38(11-3)48-31-41(39-21-15-14-16-22-39)32-49(55-48)40-26-28-42(29-27-40)56-50-34-47-45(43(23-13-10-2)37(6)54(47,7)8)33-46(50)44-30-25-36(5)53(52(44)56)57-51-24-18-17-19-35(51)4/h9,11-34H,3,10H2,1-2,4-8H3/b12-9-,23-13-,38-20+. The van der Waals surface area contributed by atoms with Crippen molar-refractivity contribution in [2.75, 3.05) is 0 Å². The van der Waals surface area contributed by atoms with Gasteiger partial charge in [-0.05, 0) is 121 Å². The van der Waals surface area contributed by atoms with Crippen molar-refractivity contribution in [3.8, 4) is 28.1 Å². The fourth-order valence-electron chi connectivity index (χ4n) is 8.19. The highest BCUT2D eigenvalue weighted by Gasteiger charge is 2.35. The summed E-state index contributed by atoms with van der Waals surface area (Å²) >= 11 is 1.88. The lowest BCUT2D eigenvalue weighted by atomic mass is 9.81. The first-order valence-corrected chi connectivity index (χ1v) is 20.8. The number of pyridine rings is 1. The van der Waals surface area contributed by atoms with E-state index in [0.29, 0.717) is 0 Å². The first-order chi connectivity index (χ1) is 27.6. The number of allylic oxidation sites excluding steroid dienone is 9. The van der Waals surface area contributed by atoms with Crippen molar-refractivity contribution in [1.29, 1.82) is 0 Å². The summed E-state index contributed by atoms with van der Waals surface area (Å²) < 4.78 is 2.52. The van der Waals surface area contributed by atoms with E-state index in [1.165, 1.54) is 65.0 Å². The minimum absolute atomic E-state index is 0.0878. The van der Waals surface area contributed by atoms with Crippen LogP contribution in [-0.2, 0) is 5.41 Å². The molecule has 282 valence electrons. The lowest BCUT2D eigenvalue weighted by Gasteiger charge is -2.22. The Morgan fingerprint density at radius 3 is 2.26 bits per heavy atom. The molecule has 5 aromatic carbocycles. The van der Waals surface area contributed by atoms with E-state index in [1.807, 2.05) is 36.9 Å². The zero-order chi connectivity index (χ0) is 39.8. The highest BCUT2D eigenvalue weighted by atomic mass is 32.2. The minimum Gasteiger partial charge on any atom is -0.308 e. The molecule has 57 heavy (non-hydrogen) atoms. The van der Waals surface area contributed by atoms with Crippen molar-refractivity contribution in [2.24, 2.45) is 0 Å². The topological polar surface area (TPSA) is 17.8 Å². The average Bonchev–Trinajstić information content (AvgIpc) is 3.65. The van der Waals surface area contributed by atoms with Crippen molar-refractivity contribution in [1.82, 2.24) is 9.55 Å². The molecular weight excluding hydrogens is 709 g/mol. The van der Waals surface area contributed by atoms with Gasteiger partial charge in [-0.1, -0.05) is 154 Å². The molecule has 0 saturated heterocycles. The Labute approximate surface area is 342 Å². The van der Waals surface area contributed by atoms with Crippen LogP contribution in [0.2, 0.25) is 0 Å². The van der Waals surface area contributed by atoms with Crippen LogP contribution in [0.4, 0.5) is 0 Å². The largest absolute Gasteiger partial charge is 0.308 e. The quantitative estimate of drug-likeness (QED) is 0.129. The fraction of sp³-hybridized carbons (Fsp3) is 0.167. The maximum Gasteiger partial charge on any atom is 0.0715 e. The second-order valence-corrected chi connectivity index (χ2v) is 16.6. The number of rotatable bonds is 10. The van der Waals surface area contributed by atoms with Gasteiger partial charge in [-0.2, -0.15) is 0 Å². The van der Waals surface area contributed by atoms with Gasteiger partial charge >= 0.3 is 0 Å². The summed E-state index contributed by atoms with van der Waals surface area (Å²) in [6.45, 7) is 19.9. The van der Waals surface area contributed by atoms with Gasteiger partial charge in [0, 0.05) is 37.2 Å². The zero-order valence-electron chi connectivity index (χ0n) is 34.2. The molecular formula is C54H50N2S.